The van der Waals surface area contributed by atoms with E-state index in [1.54, 1.807) is 31.2 Å². The molecule has 1 aliphatic heterocycles. The number of nitrogens with one attached hydrogen (secondary N) is 2. The highest BCUT2D eigenvalue weighted by Gasteiger charge is 2.46. The lowest BCUT2D eigenvalue weighted by Crippen LogP contribution is -2.68. The van der Waals surface area contributed by atoms with E-state index >= 15 is 0 Å². The standard InChI is InChI=1S/C19H24ClN3O4/c1-2-27-17(24)11-16-18(25)22-14-5-3-4-6-15(14)23(16)19(26)21-13-9-7-12(20)8-10-13/h7-10,14-16H,2-6,11H2,1H3,(H,21,26)(H,22,25)/t14-,15+,16+/m1/s1. The molecule has 146 valence electrons. The van der Waals surface area contributed by atoms with E-state index in [2.05, 4.69) is 10.6 Å². The number of halogens is 1. The van der Waals surface area contributed by atoms with E-state index in [0.29, 0.717) is 10.7 Å². The van der Waals surface area contributed by atoms with Crippen LogP contribution in [0.5, 0.6) is 0 Å². The number of amides is 3. The molecule has 0 radical (unpaired) electrons. The molecule has 0 unspecified atom stereocenters. The summed E-state index contributed by atoms with van der Waals surface area (Å²) in [7, 11) is 0. The van der Waals surface area contributed by atoms with Gasteiger partial charge in [0.15, 0.2) is 0 Å². The predicted molar refractivity (Wildman–Crippen MR) is 102 cm³/mol. The van der Waals surface area contributed by atoms with Crippen molar-refractivity contribution in [3.8, 4) is 0 Å². The van der Waals surface area contributed by atoms with Gasteiger partial charge in [-0.3, -0.25) is 9.59 Å². The number of hydrogen-bond acceptors (Lipinski definition) is 4. The molecule has 3 amide bonds. The van der Waals surface area contributed by atoms with Crippen LogP contribution in [0, 0.1) is 0 Å². The second kappa shape index (κ2) is 8.61. The van der Waals surface area contributed by atoms with Gasteiger partial charge in [0.05, 0.1) is 19.1 Å². The number of carbonyl (C=O) groups is 3. The zero-order chi connectivity index (χ0) is 19.4. The van der Waals surface area contributed by atoms with Gasteiger partial charge in [-0.1, -0.05) is 24.4 Å². The van der Waals surface area contributed by atoms with E-state index in [1.165, 1.54) is 4.90 Å². The molecule has 2 N–H and O–H groups in total. The first-order valence-corrected chi connectivity index (χ1v) is 9.68. The van der Waals surface area contributed by atoms with Crippen molar-refractivity contribution in [1.82, 2.24) is 10.2 Å². The Kier molecular flexibility index (Phi) is 6.21. The van der Waals surface area contributed by atoms with Gasteiger partial charge in [-0.2, -0.15) is 0 Å². The average molecular weight is 394 g/mol. The SMILES string of the molecule is CCOC(=O)C[C@H]1C(=O)N[C@@H]2CCCC[C@@H]2N1C(=O)Nc1ccc(Cl)cc1. The van der Waals surface area contributed by atoms with Crippen molar-refractivity contribution in [2.24, 2.45) is 0 Å². The Labute approximate surface area is 163 Å². The minimum atomic E-state index is -0.879. The third kappa shape index (κ3) is 4.53. The molecule has 1 aromatic rings. The molecule has 3 rings (SSSR count). The first kappa shape index (κ1) is 19.5. The van der Waals surface area contributed by atoms with Gasteiger partial charge in [-0.05, 0) is 44.0 Å². The van der Waals surface area contributed by atoms with Gasteiger partial charge in [-0.25, -0.2) is 4.79 Å². The van der Waals surface area contributed by atoms with Gasteiger partial charge in [-0.15, -0.1) is 0 Å². The highest BCUT2D eigenvalue weighted by atomic mass is 35.5. The van der Waals surface area contributed by atoms with E-state index in [4.69, 9.17) is 16.3 Å². The highest BCUT2D eigenvalue weighted by Crippen LogP contribution is 2.30. The van der Waals surface area contributed by atoms with Crippen molar-refractivity contribution in [3.05, 3.63) is 29.3 Å². The Bertz CT molecular complexity index is 709. The van der Waals surface area contributed by atoms with Crippen LogP contribution in [0.4, 0.5) is 10.5 Å². The van der Waals surface area contributed by atoms with Crippen LogP contribution in [0.1, 0.15) is 39.0 Å². The summed E-state index contributed by atoms with van der Waals surface area (Å²) in [6, 6.07) is 5.27. The Balaban J connectivity index is 1.83. The molecule has 1 saturated carbocycles. The Morgan fingerprint density at radius 3 is 2.67 bits per heavy atom. The topological polar surface area (TPSA) is 87.7 Å². The van der Waals surface area contributed by atoms with Crippen molar-refractivity contribution in [2.45, 2.75) is 57.2 Å². The molecule has 3 atom stereocenters. The summed E-state index contributed by atoms with van der Waals surface area (Å²) in [6.45, 7) is 1.94. The zero-order valence-corrected chi connectivity index (χ0v) is 16.0. The number of urea groups is 1. The molecule has 7 nitrogen and oxygen atoms in total. The summed E-state index contributed by atoms with van der Waals surface area (Å²) in [4.78, 5) is 39.2. The molecule has 0 spiro atoms. The lowest BCUT2D eigenvalue weighted by atomic mass is 9.85. The van der Waals surface area contributed by atoms with Gasteiger partial charge >= 0.3 is 12.0 Å². The third-order valence-electron chi connectivity index (χ3n) is 5.05. The van der Waals surface area contributed by atoms with Crippen molar-refractivity contribution in [3.63, 3.8) is 0 Å². The summed E-state index contributed by atoms with van der Waals surface area (Å²) in [6.07, 6.45) is 3.45. The van der Waals surface area contributed by atoms with Crippen LogP contribution in [0.15, 0.2) is 24.3 Å². The van der Waals surface area contributed by atoms with Crippen LogP contribution in [-0.2, 0) is 14.3 Å². The van der Waals surface area contributed by atoms with Gasteiger partial charge < -0.3 is 20.3 Å². The molecule has 1 heterocycles. The molecule has 1 saturated heterocycles. The van der Waals surface area contributed by atoms with Crippen LogP contribution in [0.2, 0.25) is 5.02 Å². The second-order valence-electron chi connectivity index (χ2n) is 6.84. The van der Waals surface area contributed by atoms with E-state index in [1.807, 2.05) is 0 Å². The maximum absolute atomic E-state index is 13.1. The Morgan fingerprint density at radius 1 is 1.26 bits per heavy atom. The van der Waals surface area contributed by atoms with Crippen molar-refractivity contribution < 1.29 is 19.1 Å². The van der Waals surface area contributed by atoms with Gasteiger partial charge in [0, 0.05) is 16.8 Å². The van der Waals surface area contributed by atoms with E-state index in [-0.39, 0.29) is 31.0 Å². The van der Waals surface area contributed by atoms with Crippen molar-refractivity contribution in [2.75, 3.05) is 11.9 Å². The van der Waals surface area contributed by atoms with Gasteiger partial charge in [0.1, 0.15) is 6.04 Å². The number of benzene rings is 1. The fourth-order valence-corrected chi connectivity index (χ4v) is 3.96. The summed E-state index contributed by atoms with van der Waals surface area (Å²) < 4.78 is 5.00. The quantitative estimate of drug-likeness (QED) is 0.770. The molecular weight excluding hydrogens is 370 g/mol. The molecule has 1 aromatic carbocycles. The molecule has 0 bridgehead atoms. The molecule has 0 aromatic heterocycles. The fraction of sp³-hybridized carbons (Fsp3) is 0.526. The summed E-state index contributed by atoms with van der Waals surface area (Å²) in [5.41, 5.74) is 0.581. The number of fused-ring (bicyclic) bond motifs is 1. The number of esters is 1. The first-order chi connectivity index (χ1) is 13.0. The number of anilines is 1. The molecule has 2 aliphatic rings. The highest BCUT2D eigenvalue weighted by molar-refractivity contribution is 6.30. The predicted octanol–water partition coefficient (Wildman–Crippen LogP) is 2.94. The molecule has 2 fully saturated rings. The van der Waals surface area contributed by atoms with Crippen molar-refractivity contribution in [1.29, 1.82) is 0 Å². The number of piperazine rings is 1. The lowest BCUT2D eigenvalue weighted by molar-refractivity contribution is -0.148. The summed E-state index contributed by atoms with van der Waals surface area (Å²) >= 11 is 5.89. The third-order valence-corrected chi connectivity index (χ3v) is 5.30. The number of nitrogens with zero attached hydrogens (tertiary/aromatic N) is 1. The van der Waals surface area contributed by atoms with E-state index in [0.717, 1.165) is 25.7 Å². The Morgan fingerprint density at radius 2 is 1.96 bits per heavy atom. The normalized spacial score (nSPS) is 24.6. The molecular formula is C19H24ClN3O4. The van der Waals surface area contributed by atoms with Gasteiger partial charge in [0.25, 0.3) is 0 Å². The fourth-order valence-electron chi connectivity index (χ4n) is 3.83. The largest absolute Gasteiger partial charge is 0.466 e. The number of rotatable bonds is 4. The smallest absolute Gasteiger partial charge is 0.322 e. The number of ether oxygens (including phenoxy) is 1. The van der Waals surface area contributed by atoms with E-state index in [9.17, 15) is 14.4 Å². The second-order valence-corrected chi connectivity index (χ2v) is 7.27. The van der Waals surface area contributed by atoms with Crippen LogP contribution in [-0.4, -0.2) is 47.5 Å². The maximum atomic E-state index is 13.1. The lowest BCUT2D eigenvalue weighted by Gasteiger charge is -2.47. The van der Waals surface area contributed by atoms with Crippen molar-refractivity contribution >= 4 is 35.2 Å². The van der Waals surface area contributed by atoms with Crippen LogP contribution in [0.3, 0.4) is 0 Å². The molecule has 27 heavy (non-hydrogen) atoms. The average Bonchev–Trinajstić information content (AvgIpc) is 2.64. The Hall–Kier alpha value is -2.28. The minimum absolute atomic E-state index is 0.0827. The van der Waals surface area contributed by atoms with Crippen LogP contribution >= 0.6 is 11.6 Å². The number of hydrogen-bond donors (Lipinski definition) is 2. The first-order valence-electron chi connectivity index (χ1n) is 9.30. The summed E-state index contributed by atoms with van der Waals surface area (Å²) in [5.74, 6) is -0.798. The molecule has 8 heteroatoms. The maximum Gasteiger partial charge on any atom is 0.322 e. The van der Waals surface area contributed by atoms with E-state index < -0.39 is 18.0 Å². The number of carbonyl (C=O) groups excluding carboxylic acids is 3. The summed E-state index contributed by atoms with van der Waals surface area (Å²) in [5, 5.41) is 6.38. The van der Waals surface area contributed by atoms with Gasteiger partial charge in [0.2, 0.25) is 5.91 Å². The minimum Gasteiger partial charge on any atom is -0.466 e. The molecule has 1 aliphatic carbocycles. The van der Waals surface area contributed by atoms with Crippen LogP contribution in [0.25, 0.3) is 0 Å². The monoisotopic (exact) mass is 393 g/mol. The zero-order valence-electron chi connectivity index (χ0n) is 15.2. The van der Waals surface area contributed by atoms with Crippen LogP contribution < -0.4 is 10.6 Å².